The zero-order valence-corrected chi connectivity index (χ0v) is 23.1. The summed E-state index contributed by atoms with van der Waals surface area (Å²) in [6, 6.07) is 12.1. The first kappa shape index (κ1) is 26.8. The minimum absolute atomic E-state index is 0.261. The van der Waals surface area contributed by atoms with Crippen molar-refractivity contribution in [1.82, 2.24) is 25.2 Å². The number of fused-ring (bicyclic) bond motifs is 1. The third kappa shape index (κ3) is 6.43. The van der Waals surface area contributed by atoms with Crippen molar-refractivity contribution in [2.75, 3.05) is 42.8 Å². The Kier molecular flexibility index (Phi) is 7.89. The molecule has 1 unspecified atom stereocenters. The SMILES string of the molecule is C=CCNC(=O)c1cnc(Nc2ccc3c(c2)CCC(N(C)C)C3)nc1Nc1cccc(N=S2(=O)CCC2)n1. The Hall–Kier alpha value is -3.83. The fraction of sp³-hybridized carbons (Fsp3) is 0.357. The number of hydrogen-bond donors (Lipinski definition) is 3. The molecule has 0 saturated carbocycles. The molecule has 0 bridgehead atoms. The number of anilines is 4. The Balaban J connectivity index is 1.40. The molecule has 10 nitrogen and oxygen atoms in total. The van der Waals surface area contributed by atoms with Crippen LogP contribution in [0.1, 0.15) is 34.3 Å². The molecule has 11 heteroatoms. The van der Waals surface area contributed by atoms with Crippen LogP contribution in [0.4, 0.5) is 29.1 Å². The molecule has 1 fully saturated rings. The molecule has 3 aromatic rings. The Morgan fingerprint density at radius 2 is 2.03 bits per heavy atom. The Bertz CT molecular complexity index is 1500. The van der Waals surface area contributed by atoms with Crippen LogP contribution in [-0.2, 0) is 22.6 Å². The molecule has 39 heavy (non-hydrogen) atoms. The highest BCUT2D eigenvalue weighted by Crippen LogP contribution is 2.28. The van der Waals surface area contributed by atoms with Crippen molar-refractivity contribution in [3.8, 4) is 0 Å². The molecule has 1 aliphatic carbocycles. The normalized spacial score (nSPS) is 17.5. The highest BCUT2D eigenvalue weighted by Gasteiger charge is 2.22. The molecule has 0 radical (unpaired) electrons. The fourth-order valence-electron chi connectivity index (χ4n) is 4.67. The standard InChI is InChI=1S/C28H34N8O2S/c1-4-13-29-27(37)23-18-30-28(31-21-11-9-20-17-22(36(2)3)12-10-19(20)16-21)34-26(23)33-24-7-5-8-25(32-24)35-39(38)14-6-15-39/h4-5,7-9,11,16,18,22H,1,6,10,12-15,17H2,2-3H3,(H,29,37)(H2,30,31,32,33,34). The number of likely N-dealkylation sites (N-methyl/N-ethyl adjacent to an activating group) is 1. The van der Waals surface area contributed by atoms with E-state index in [1.54, 1.807) is 24.3 Å². The molecule has 3 heterocycles. The number of carbonyl (C=O) groups is 1. The van der Waals surface area contributed by atoms with E-state index < -0.39 is 9.73 Å². The van der Waals surface area contributed by atoms with Gasteiger partial charge in [-0.15, -0.1) is 6.58 Å². The molecular formula is C28H34N8O2S. The highest BCUT2D eigenvalue weighted by atomic mass is 32.2. The molecule has 1 aliphatic heterocycles. The molecule has 5 rings (SSSR count). The van der Waals surface area contributed by atoms with Gasteiger partial charge in [0.05, 0.1) is 9.73 Å². The monoisotopic (exact) mass is 546 g/mol. The van der Waals surface area contributed by atoms with Crippen LogP contribution in [0.25, 0.3) is 0 Å². The summed E-state index contributed by atoms with van der Waals surface area (Å²) in [5.74, 6) is 2.31. The van der Waals surface area contributed by atoms with E-state index >= 15 is 0 Å². The number of hydrogen-bond acceptors (Lipinski definition) is 9. The van der Waals surface area contributed by atoms with E-state index in [4.69, 9.17) is 0 Å². The number of nitrogens with one attached hydrogen (secondary N) is 3. The Morgan fingerprint density at radius 3 is 2.77 bits per heavy atom. The molecule has 1 saturated heterocycles. The maximum Gasteiger partial charge on any atom is 0.256 e. The lowest BCUT2D eigenvalue weighted by Gasteiger charge is -2.30. The molecule has 1 amide bonds. The lowest BCUT2D eigenvalue weighted by atomic mass is 9.87. The molecule has 3 N–H and O–H groups in total. The average Bonchev–Trinajstić information content (AvgIpc) is 2.91. The van der Waals surface area contributed by atoms with E-state index in [2.05, 4.69) is 73.0 Å². The zero-order chi connectivity index (χ0) is 27.4. The summed E-state index contributed by atoms with van der Waals surface area (Å²) in [6.07, 6.45) is 7.18. The van der Waals surface area contributed by atoms with Gasteiger partial charge in [0.2, 0.25) is 5.95 Å². The first-order valence-corrected chi connectivity index (χ1v) is 15.0. The zero-order valence-electron chi connectivity index (χ0n) is 22.3. The van der Waals surface area contributed by atoms with Crippen molar-refractivity contribution >= 4 is 44.7 Å². The number of rotatable bonds is 9. The Morgan fingerprint density at radius 1 is 1.18 bits per heavy atom. The highest BCUT2D eigenvalue weighted by molar-refractivity contribution is 7.95. The van der Waals surface area contributed by atoms with Gasteiger partial charge in [-0.2, -0.15) is 9.35 Å². The lowest BCUT2D eigenvalue weighted by molar-refractivity contribution is 0.0958. The van der Waals surface area contributed by atoms with Crippen LogP contribution in [0.3, 0.4) is 0 Å². The van der Waals surface area contributed by atoms with Gasteiger partial charge in [-0.25, -0.2) is 14.2 Å². The van der Waals surface area contributed by atoms with E-state index in [9.17, 15) is 9.00 Å². The summed E-state index contributed by atoms with van der Waals surface area (Å²) in [4.78, 5) is 28.6. The second kappa shape index (κ2) is 11.5. The van der Waals surface area contributed by atoms with E-state index in [-0.39, 0.29) is 11.5 Å². The van der Waals surface area contributed by atoms with Gasteiger partial charge >= 0.3 is 0 Å². The third-order valence-corrected chi connectivity index (χ3v) is 9.38. The topological polar surface area (TPSA) is 125 Å². The van der Waals surface area contributed by atoms with Crippen LogP contribution < -0.4 is 16.0 Å². The van der Waals surface area contributed by atoms with Gasteiger partial charge in [-0.05, 0) is 75.2 Å². The Labute approximate surface area is 229 Å². The number of pyridine rings is 1. The van der Waals surface area contributed by atoms with Gasteiger partial charge < -0.3 is 20.9 Å². The largest absolute Gasteiger partial charge is 0.348 e. The molecule has 0 spiro atoms. The summed E-state index contributed by atoms with van der Waals surface area (Å²) in [6.45, 7) is 3.96. The van der Waals surface area contributed by atoms with Gasteiger partial charge in [0, 0.05) is 36.0 Å². The maximum atomic E-state index is 12.8. The van der Waals surface area contributed by atoms with Crippen molar-refractivity contribution in [3.63, 3.8) is 0 Å². The van der Waals surface area contributed by atoms with Crippen molar-refractivity contribution in [3.05, 3.63) is 71.9 Å². The predicted octanol–water partition coefficient (Wildman–Crippen LogP) is 4.20. The van der Waals surface area contributed by atoms with Crippen LogP contribution in [0.5, 0.6) is 0 Å². The number of aromatic nitrogens is 3. The van der Waals surface area contributed by atoms with E-state index in [1.165, 1.54) is 17.3 Å². The number of carbonyl (C=O) groups excluding carboxylic acids is 1. The summed E-state index contributed by atoms with van der Waals surface area (Å²) in [7, 11) is 2.07. The summed E-state index contributed by atoms with van der Waals surface area (Å²) in [5.41, 5.74) is 3.83. The smallest absolute Gasteiger partial charge is 0.256 e. The first-order chi connectivity index (χ1) is 18.8. The summed E-state index contributed by atoms with van der Waals surface area (Å²) >= 11 is 0. The van der Waals surface area contributed by atoms with Crippen molar-refractivity contribution in [2.24, 2.45) is 4.36 Å². The average molecular weight is 547 g/mol. The van der Waals surface area contributed by atoms with Crippen LogP contribution in [0.2, 0.25) is 0 Å². The number of benzene rings is 1. The van der Waals surface area contributed by atoms with Crippen LogP contribution in [0.15, 0.2) is 59.6 Å². The maximum absolute atomic E-state index is 12.8. The number of nitrogens with zero attached hydrogens (tertiary/aromatic N) is 5. The predicted molar refractivity (Wildman–Crippen MR) is 156 cm³/mol. The minimum atomic E-state index is -2.20. The molecule has 1 aromatic carbocycles. The fourth-order valence-corrected chi connectivity index (χ4v) is 6.07. The van der Waals surface area contributed by atoms with Crippen LogP contribution in [0, 0.1) is 0 Å². The van der Waals surface area contributed by atoms with E-state index in [1.807, 2.05) is 6.07 Å². The number of amides is 1. The van der Waals surface area contributed by atoms with Gasteiger partial charge in [0.15, 0.2) is 5.82 Å². The van der Waals surface area contributed by atoms with Crippen molar-refractivity contribution in [2.45, 2.75) is 31.7 Å². The summed E-state index contributed by atoms with van der Waals surface area (Å²) in [5, 5.41) is 9.19. The molecule has 1 atom stereocenters. The second-order valence-corrected chi connectivity index (χ2v) is 12.6. The van der Waals surface area contributed by atoms with Gasteiger partial charge in [-0.1, -0.05) is 18.2 Å². The first-order valence-electron chi connectivity index (χ1n) is 13.1. The van der Waals surface area contributed by atoms with Gasteiger partial charge in [-0.3, -0.25) is 4.79 Å². The van der Waals surface area contributed by atoms with Crippen molar-refractivity contribution in [1.29, 1.82) is 0 Å². The summed E-state index contributed by atoms with van der Waals surface area (Å²) < 4.78 is 16.9. The van der Waals surface area contributed by atoms with E-state index in [0.717, 1.165) is 31.4 Å². The third-order valence-electron chi connectivity index (χ3n) is 7.00. The van der Waals surface area contributed by atoms with Gasteiger partial charge in [0.25, 0.3) is 5.91 Å². The van der Waals surface area contributed by atoms with Crippen molar-refractivity contribution < 1.29 is 9.00 Å². The molecule has 2 aromatic heterocycles. The lowest BCUT2D eigenvalue weighted by Crippen LogP contribution is -2.33. The van der Waals surface area contributed by atoms with Gasteiger partial charge in [0.1, 0.15) is 17.2 Å². The molecule has 2 aliphatic rings. The van der Waals surface area contributed by atoms with Crippen LogP contribution in [-0.4, -0.2) is 68.2 Å². The second-order valence-electron chi connectivity index (χ2n) is 10.1. The van der Waals surface area contributed by atoms with Crippen LogP contribution >= 0.6 is 0 Å². The van der Waals surface area contributed by atoms with E-state index in [0.29, 0.717) is 47.5 Å². The molecular weight excluding hydrogens is 512 g/mol. The minimum Gasteiger partial charge on any atom is -0.348 e. The number of aryl methyl sites for hydroxylation is 1. The molecule has 204 valence electrons. The quantitative estimate of drug-likeness (QED) is 0.341.